The molecule has 0 N–H and O–H groups in total. The topological polar surface area (TPSA) is 25.4 Å². The largest absolute Gasteiger partial charge is 0.378 e. The van der Waals surface area contributed by atoms with Crippen molar-refractivity contribution in [3.63, 3.8) is 0 Å². The monoisotopic (exact) mass is 416 g/mol. The number of aromatic nitrogens is 1. The Morgan fingerprint density at radius 1 is 1.29 bits per heavy atom. The molecule has 5 heteroatoms. The second-order valence-corrected chi connectivity index (χ2v) is 5.47. The normalized spacial score (nSPS) is 17.1. The van der Waals surface area contributed by atoms with E-state index in [1.165, 1.54) is 7.14 Å². The van der Waals surface area contributed by atoms with Crippen molar-refractivity contribution in [3.8, 4) is 0 Å². The molecule has 3 nitrogen and oxygen atoms in total. The van der Waals surface area contributed by atoms with Gasteiger partial charge in [-0.05, 0) is 51.2 Å². The molecule has 1 aromatic rings. The highest BCUT2D eigenvalue weighted by atomic mass is 127. The van der Waals surface area contributed by atoms with Crippen LogP contribution in [0, 0.1) is 7.14 Å². The number of rotatable bonds is 1. The van der Waals surface area contributed by atoms with Crippen LogP contribution in [-0.4, -0.2) is 31.3 Å². The smallest absolute Gasteiger partial charge is 0.142 e. The van der Waals surface area contributed by atoms with Crippen LogP contribution in [0.25, 0.3) is 0 Å². The van der Waals surface area contributed by atoms with Gasteiger partial charge >= 0.3 is 0 Å². The first-order valence-corrected chi connectivity index (χ1v) is 6.57. The van der Waals surface area contributed by atoms with Gasteiger partial charge in [-0.3, -0.25) is 0 Å². The van der Waals surface area contributed by atoms with Gasteiger partial charge in [-0.15, -0.1) is 0 Å². The van der Waals surface area contributed by atoms with E-state index in [2.05, 4.69) is 61.1 Å². The second-order valence-electron chi connectivity index (χ2n) is 3.06. The number of hydrogen-bond donors (Lipinski definition) is 0. The fourth-order valence-corrected chi connectivity index (χ4v) is 3.28. The zero-order chi connectivity index (χ0) is 9.97. The highest BCUT2D eigenvalue weighted by Crippen LogP contribution is 2.22. The summed E-state index contributed by atoms with van der Waals surface area (Å²) in [7, 11) is 0. The van der Waals surface area contributed by atoms with Crippen LogP contribution in [0.1, 0.15) is 0 Å². The maximum Gasteiger partial charge on any atom is 0.142 e. The number of morpholine rings is 1. The third-order valence-electron chi connectivity index (χ3n) is 2.10. The average molecular weight is 416 g/mol. The molecular formula is C9H10I2N2O. The van der Waals surface area contributed by atoms with Gasteiger partial charge in [-0.25, -0.2) is 4.98 Å². The van der Waals surface area contributed by atoms with Crippen molar-refractivity contribution in [1.82, 2.24) is 4.98 Å². The highest BCUT2D eigenvalue weighted by molar-refractivity contribution is 14.1. The second kappa shape index (κ2) is 4.93. The first-order valence-electron chi connectivity index (χ1n) is 4.41. The molecule has 76 valence electrons. The lowest BCUT2D eigenvalue weighted by Crippen LogP contribution is -2.37. The molecule has 0 amide bonds. The van der Waals surface area contributed by atoms with E-state index in [0.29, 0.717) is 0 Å². The Morgan fingerprint density at radius 2 is 2.00 bits per heavy atom. The molecule has 1 aliphatic heterocycles. The van der Waals surface area contributed by atoms with E-state index in [-0.39, 0.29) is 0 Å². The van der Waals surface area contributed by atoms with E-state index >= 15 is 0 Å². The first kappa shape index (κ1) is 10.9. The number of ether oxygens (including phenoxy) is 1. The van der Waals surface area contributed by atoms with E-state index in [0.717, 1.165) is 32.1 Å². The minimum Gasteiger partial charge on any atom is -0.378 e. The lowest BCUT2D eigenvalue weighted by molar-refractivity contribution is 0.122. The Kier molecular flexibility index (Phi) is 3.83. The summed E-state index contributed by atoms with van der Waals surface area (Å²) in [5, 5.41) is 0. The van der Waals surface area contributed by atoms with E-state index < -0.39 is 0 Å². The van der Waals surface area contributed by atoms with E-state index in [1.807, 2.05) is 6.20 Å². The third-order valence-corrected chi connectivity index (χ3v) is 3.48. The number of hydrogen-bond acceptors (Lipinski definition) is 3. The maximum absolute atomic E-state index is 5.31. The Bertz CT molecular complexity index is 327. The molecule has 0 atom stereocenters. The summed E-state index contributed by atoms with van der Waals surface area (Å²) in [5.41, 5.74) is 0. The molecule has 0 bridgehead atoms. The van der Waals surface area contributed by atoms with Crippen molar-refractivity contribution in [1.29, 1.82) is 0 Å². The Labute approximate surface area is 111 Å². The molecule has 1 aromatic heterocycles. The number of halogens is 2. The molecule has 2 rings (SSSR count). The summed E-state index contributed by atoms with van der Waals surface area (Å²) < 4.78 is 7.71. The van der Waals surface area contributed by atoms with Crippen molar-refractivity contribution in [3.05, 3.63) is 19.4 Å². The predicted octanol–water partition coefficient (Wildman–Crippen LogP) is 2.13. The molecule has 2 heterocycles. The molecule has 1 aliphatic rings. The standard InChI is InChI=1S/C9H10I2N2O/c10-7-5-8(11)9(12-6-7)13-1-3-14-4-2-13/h5-6H,1-4H2. The zero-order valence-corrected chi connectivity index (χ0v) is 11.9. The minimum absolute atomic E-state index is 0.809. The van der Waals surface area contributed by atoms with Gasteiger partial charge in [0, 0.05) is 22.9 Å². The van der Waals surface area contributed by atoms with Gasteiger partial charge in [0.25, 0.3) is 0 Å². The fourth-order valence-electron chi connectivity index (χ4n) is 1.42. The van der Waals surface area contributed by atoms with E-state index in [1.54, 1.807) is 0 Å². The molecular weight excluding hydrogens is 406 g/mol. The molecule has 0 unspecified atom stereocenters. The van der Waals surface area contributed by atoms with Gasteiger partial charge in [-0.2, -0.15) is 0 Å². The van der Waals surface area contributed by atoms with Crippen LogP contribution in [-0.2, 0) is 4.74 Å². The first-order chi connectivity index (χ1) is 6.77. The Balaban J connectivity index is 2.22. The summed E-state index contributed by atoms with van der Waals surface area (Å²) in [5.74, 6) is 1.09. The van der Waals surface area contributed by atoms with Gasteiger partial charge in [0.05, 0.1) is 16.8 Å². The molecule has 1 saturated heterocycles. The van der Waals surface area contributed by atoms with Crippen LogP contribution in [0.5, 0.6) is 0 Å². The van der Waals surface area contributed by atoms with Gasteiger partial charge < -0.3 is 9.64 Å². The van der Waals surface area contributed by atoms with Crippen LogP contribution in [0.4, 0.5) is 5.82 Å². The molecule has 0 saturated carbocycles. The van der Waals surface area contributed by atoms with Crippen molar-refractivity contribution >= 4 is 51.0 Å². The Hall–Kier alpha value is 0.370. The fraction of sp³-hybridized carbons (Fsp3) is 0.444. The summed E-state index contributed by atoms with van der Waals surface area (Å²) in [6.07, 6.45) is 1.91. The van der Waals surface area contributed by atoms with Crippen molar-refractivity contribution in [2.45, 2.75) is 0 Å². The molecule has 14 heavy (non-hydrogen) atoms. The molecule has 0 aromatic carbocycles. The van der Waals surface area contributed by atoms with E-state index in [4.69, 9.17) is 4.74 Å². The summed E-state index contributed by atoms with van der Waals surface area (Å²) in [6, 6.07) is 2.15. The molecule has 0 radical (unpaired) electrons. The van der Waals surface area contributed by atoms with Gasteiger partial charge in [0.2, 0.25) is 0 Å². The van der Waals surface area contributed by atoms with Crippen LogP contribution < -0.4 is 4.90 Å². The van der Waals surface area contributed by atoms with Gasteiger partial charge in [0.1, 0.15) is 5.82 Å². The average Bonchev–Trinajstić information content (AvgIpc) is 2.19. The predicted molar refractivity (Wildman–Crippen MR) is 72.7 cm³/mol. The SMILES string of the molecule is Ic1cnc(N2CCOCC2)c(I)c1. The summed E-state index contributed by atoms with van der Waals surface area (Å²) >= 11 is 4.62. The molecule has 0 aliphatic carbocycles. The van der Waals surface area contributed by atoms with Crippen molar-refractivity contribution in [2.75, 3.05) is 31.2 Å². The van der Waals surface area contributed by atoms with Crippen LogP contribution in [0.15, 0.2) is 12.3 Å². The minimum atomic E-state index is 0.809. The molecule has 0 spiro atoms. The lowest BCUT2D eigenvalue weighted by Gasteiger charge is -2.28. The number of pyridine rings is 1. The van der Waals surface area contributed by atoms with Gasteiger partial charge in [0.15, 0.2) is 0 Å². The lowest BCUT2D eigenvalue weighted by atomic mass is 10.4. The highest BCUT2D eigenvalue weighted by Gasteiger charge is 2.14. The third kappa shape index (κ3) is 2.48. The summed E-state index contributed by atoms with van der Waals surface area (Å²) in [4.78, 5) is 6.74. The van der Waals surface area contributed by atoms with Crippen LogP contribution in [0.3, 0.4) is 0 Å². The molecule has 1 fully saturated rings. The zero-order valence-electron chi connectivity index (χ0n) is 7.54. The van der Waals surface area contributed by atoms with E-state index in [9.17, 15) is 0 Å². The maximum atomic E-state index is 5.31. The van der Waals surface area contributed by atoms with Crippen molar-refractivity contribution < 1.29 is 4.74 Å². The number of nitrogens with zero attached hydrogens (tertiary/aromatic N) is 2. The number of anilines is 1. The van der Waals surface area contributed by atoms with Crippen LogP contribution in [0.2, 0.25) is 0 Å². The van der Waals surface area contributed by atoms with Gasteiger partial charge in [-0.1, -0.05) is 0 Å². The van der Waals surface area contributed by atoms with Crippen LogP contribution >= 0.6 is 45.2 Å². The summed E-state index contributed by atoms with van der Waals surface area (Å²) in [6.45, 7) is 3.51. The Morgan fingerprint density at radius 3 is 2.64 bits per heavy atom. The quantitative estimate of drug-likeness (QED) is 0.657. The van der Waals surface area contributed by atoms with Crippen molar-refractivity contribution in [2.24, 2.45) is 0 Å².